The fourth-order valence-corrected chi connectivity index (χ4v) is 1.04. The third-order valence-electron chi connectivity index (χ3n) is 1.46. The third-order valence-corrected chi connectivity index (χ3v) is 2.01. The van der Waals surface area contributed by atoms with E-state index in [1.165, 1.54) is 0 Å². The number of carbonyl (C=O) groups is 1. The van der Waals surface area contributed by atoms with Gasteiger partial charge in [0.2, 0.25) is 0 Å². The lowest BCUT2D eigenvalue weighted by atomic mass is 10.3. The fraction of sp³-hybridized carbons (Fsp3) is 0.222. The number of aliphatic carboxylic acids is 1. The Bertz CT molecular complexity index is 328. The number of carboxylic acid groups (broad SMARTS) is 1. The largest absolute Gasteiger partial charge is 0.491 e. The minimum atomic E-state index is -1.10. The lowest BCUT2D eigenvalue weighted by Crippen LogP contribution is -2.21. The molecule has 1 unspecified atom stereocenters. The molecule has 0 spiro atoms. The van der Waals surface area contributed by atoms with Gasteiger partial charge in [-0.25, -0.2) is 0 Å². The molecule has 0 saturated heterocycles. The van der Waals surface area contributed by atoms with Crippen molar-refractivity contribution in [2.24, 2.45) is 0 Å². The van der Waals surface area contributed by atoms with Gasteiger partial charge in [-0.1, -0.05) is 17.7 Å². The number of halogens is 2. The molecular formula is C9H8Cl2O3. The van der Waals surface area contributed by atoms with Crippen LogP contribution < -0.4 is 4.74 Å². The zero-order valence-corrected chi connectivity index (χ0v) is 8.63. The van der Waals surface area contributed by atoms with E-state index in [1.54, 1.807) is 24.3 Å². The molecule has 0 amide bonds. The van der Waals surface area contributed by atoms with Gasteiger partial charge < -0.3 is 9.84 Å². The first kappa shape index (κ1) is 11.1. The number of carboxylic acids is 1. The molecule has 0 aromatic heterocycles. The van der Waals surface area contributed by atoms with Crippen LogP contribution in [0.5, 0.6) is 5.75 Å². The zero-order valence-electron chi connectivity index (χ0n) is 7.11. The molecule has 0 saturated carbocycles. The van der Waals surface area contributed by atoms with E-state index < -0.39 is 11.3 Å². The van der Waals surface area contributed by atoms with Crippen molar-refractivity contribution in [2.45, 2.75) is 5.38 Å². The van der Waals surface area contributed by atoms with Crippen LogP contribution in [0.2, 0.25) is 5.02 Å². The quantitative estimate of drug-likeness (QED) is 0.815. The van der Waals surface area contributed by atoms with Gasteiger partial charge in [0.15, 0.2) is 5.38 Å². The molecule has 5 heteroatoms. The molecule has 0 aliphatic rings. The van der Waals surface area contributed by atoms with Crippen molar-refractivity contribution in [2.75, 3.05) is 6.61 Å². The van der Waals surface area contributed by atoms with Crippen LogP contribution in [0.3, 0.4) is 0 Å². The maximum absolute atomic E-state index is 10.3. The van der Waals surface area contributed by atoms with Crippen LogP contribution in [0.25, 0.3) is 0 Å². The Labute approximate surface area is 91.2 Å². The van der Waals surface area contributed by atoms with Crippen molar-refractivity contribution in [1.82, 2.24) is 0 Å². The van der Waals surface area contributed by atoms with Gasteiger partial charge in [-0.2, -0.15) is 0 Å². The summed E-state index contributed by atoms with van der Waals surface area (Å²) < 4.78 is 5.11. The van der Waals surface area contributed by atoms with Crippen molar-refractivity contribution < 1.29 is 14.6 Å². The molecule has 0 radical (unpaired) electrons. The number of hydrogen-bond acceptors (Lipinski definition) is 2. The summed E-state index contributed by atoms with van der Waals surface area (Å²) in [6.07, 6.45) is 0. The summed E-state index contributed by atoms with van der Waals surface area (Å²) in [5, 5.41) is 7.96. The smallest absolute Gasteiger partial charge is 0.325 e. The van der Waals surface area contributed by atoms with Gasteiger partial charge in [-0.05, 0) is 18.2 Å². The third kappa shape index (κ3) is 3.44. The number of rotatable bonds is 4. The van der Waals surface area contributed by atoms with E-state index in [-0.39, 0.29) is 6.61 Å². The summed E-state index contributed by atoms with van der Waals surface area (Å²) in [6.45, 7) is -0.0861. The Hall–Kier alpha value is -0.930. The minimum Gasteiger partial charge on any atom is -0.491 e. The molecular weight excluding hydrogens is 227 g/mol. The van der Waals surface area contributed by atoms with Crippen molar-refractivity contribution in [3.63, 3.8) is 0 Å². The highest BCUT2D eigenvalue weighted by atomic mass is 35.5. The van der Waals surface area contributed by atoms with Crippen molar-refractivity contribution in [1.29, 1.82) is 0 Å². The van der Waals surface area contributed by atoms with Crippen molar-refractivity contribution >= 4 is 29.2 Å². The monoisotopic (exact) mass is 234 g/mol. The van der Waals surface area contributed by atoms with Crippen LogP contribution in [0.1, 0.15) is 0 Å². The second-order valence-electron chi connectivity index (χ2n) is 2.57. The highest BCUT2D eigenvalue weighted by Crippen LogP contribution is 2.17. The Morgan fingerprint density at radius 1 is 1.57 bits per heavy atom. The van der Waals surface area contributed by atoms with Crippen molar-refractivity contribution in [3.8, 4) is 5.75 Å². The van der Waals surface area contributed by atoms with Crippen LogP contribution in [0.4, 0.5) is 0 Å². The Balaban J connectivity index is 2.49. The lowest BCUT2D eigenvalue weighted by Gasteiger charge is -2.07. The molecule has 14 heavy (non-hydrogen) atoms. The van der Waals surface area contributed by atoms with Gasteiger partial charge in [-0.15, -0.1) is 11.6 Å². The Kier molecular flexibility index (Phi) is 4.04. The number of alkyl halides is 1. The summed E-state index contributed by atoms with van der Waals surface area (Å²) in [7, 11) is 0. The van der Waals surface area contributed by atoms with E-state index in [1.807, 2.05) is 0 Å². The zero-order chi connectivity index (χ0) is 10.6. The molecule has 0 aliphatic heterocycles. The predicted molar refractivity (Wildman–Crippen MR) is 54.2 cm³/mol. The predicted octanol–water partition coefficient (Wildman–Crippen LogP) is 2.41. The number of ether oxygens (including phenoxy) is 1. The molecule has 76 valence electrons. The van der Waals surface area contributed by atoms with Crippen LogP contribution in [-0.4, -0.2) is 23.1 Å². The average molecular weight is 235 g/mol. The highest BCUT2D eigenvalue weighted by Gasteiger charge is 2.13. The van der Waals surface area contributed by atoms with Crippen LogP contribution in [0.15, 0.2) is 24.3 Å². The van der Waals surface area contributed by atoms with E-state index in [0.29, 0.717) is 10.8 Å². The standard InChI is InChI=1S/C9H8Cl2O3/c10-6-2-1-3-7(4-6)14-5-8(11)9(12)13/h1-4,8H,5H2,(H,12,13). The molecule has 3 nitrogen and oxygen atoms in total. The topological polar surface area (TPSA) is 46.5 Å². The molecule has 0 aliphatic carbocycles. The molecule has 0 heterocycles. The molecule has 1 N–H and O–H groups in total. The second kappa shape index (κ2) is 5.08. The van der Waals surface area contributed by atoms with Crippen LogP contribution in [-0.2, 0) is 4.79 Å². The van der Waals surface area contributed by atoms with Gasteiger partial charge in [0.25, 0.3) is 0 Å². The highest BCUT2D eigenvalue weighted by molar-refractivity contribution is 6.30. The first-order valence-electron chi connectivity index (χ1n) is 3.85. The van der Waals surface area contributed by atoms with E-state index in [2.05, 4.69) is 0 Å². The average Bonchev–Trinajstić information content (AvgIpc) is 2.14. The molecule has 0 fully saturated rings. The molecule has 1 aromatic rings. The van der Waals surface area contributed by atoms with Gasteiger partial charge >= 0.3 is 5.97 Å². The van der Waals surface area contributed by atoms with Gasteiger partial charge in [0.1, 0.15) is 12.4 Å². The normalized spacial score (nSPS) is 12.1. The van der Waals surface area contributed by atoms with Gasteiger partial charge in [-0.3, -0.25) is 4.79 Å². The first-order valence-corrected chi connectivity index (χ1v) is 4.66. The fourth-order valence-electron chi connectivity index (χ4n) is 0.797. The molecule has 1 rings (SSSR count). The number of hydrogen-bond donors (Lipinski definition) is 1. The van der Waals surface area contributed by atoms with Crippen LogP contribution >= 0.6 is 23.2 Å². The summed E-state index contributed by atoms with van der Waals surface area (Å²) in [5.41, 5.74) is 0. The maximum atomic E-state index is 10.3. The van der Waals surface area contributed by atoms with E-state index in [9.17, 15) is 4.79 Å². The minimum absolute atomic E-state index is 0.0861. The van der Waals surface area contributed by atoms with E-state index in [4.69, 9.17) is 33.0 Å². The molecule has 0 bridgehead atoms. The number of benzene rings is 1. The van der Waals surface area contributed by atoms with Gasteiger partial charge in [0.05, 0.1) is 0 Å². The summed E-state index contributed by atoms with van der Waals surface area (Å²) >= 11 is 11.1. The van der Waals surface area contributed by atoms with Gasteiger partial charge in [0, 0.05) is 5.02 Å². The summed E-state index contributed by atoms with van der Waals surface area (Å²) in [4.78, 5) is 10.3. The van der Waals surface area contributed by atoms with E-state index in [0.717, 1.165) is 0 Å². The first-order chi connectivity index (χ1) is 6.59. The van der Waals surface area contributed by atoms with E-state index >= 15 is 0 Å². The Morgan fingerprint density at radius 3 is 2.86 bits per heavy atom. The summed E-state index contributed by atoms with van der Waals surface area (Å²) in [5.74, 6) is -0.599. The second-order valence-corrected chi connectivity index (χ2v) is 3.54. The van der Waals surface area contributed by atoms with Crippen molar-refractivity contribution in [3.05, 3.63) is 29.3 Å². The Morgan fingerprint density at radius 2 is 2.29 bits per heavy atom. The molecule has 1 atom stereocenters. The SMILES string of the molecule is O=C(O)C(Cl)COc1cccc(Cl)c1. The summed E-state index contributed by atoms with van der Waals surface area (Å²) in [6, 6.07) is 6.68. The molecule has 1 aromatic carbocycles. The maximum Gasteiger partial charge on any atom is 0.325 e. The lowest BCUT2D eigenvalue weighted by molar-refractivity contribution is -0.137. The van der Waals surface area contributed by atoms with Crippen LogP contribution in [0, 0.1) is 0 Å².